The number of rotatable bonds is 6. The van der Waals surface area contributed by atoms with Crippen LogP contribution in [0, 0.1) is 29.1 Å². The number of pyridine rings is 1. The Balaban J connectivity index is 0.00000218. The molecule has 4 aliphatic carbocycles. The van der Waals surface area contributed by atoms with E-state index in [0.29, 0.717) is 27.7 Å². The number of amides is 1. The van der Waals surface area contributed by atoms with Crippen molar-refractivity contribution in [2.75, 3.05) is 31.5 Å². The molecule has 2 heterocycles. The van der Waals surface area contributed by atoms with E-state index in [2.05, 4.69) is 20.9 Å². The van der Waals surface area contributed by atoms with Crippen LogP contribution >= 0.6 is 24.0 Å². The van der Waals surface area contributed by atoms with Crippen molar-refractivity contribution in [2.24, 2.45) is 29.1 Å². The summed E-state index contributed by atoms with van der Waals surface area (Å²) in [5.41, 5.74) is 0.874. The zero-order valence-corrected chi connectivity index (χ0v) is 19.2. The molecule has 1 saturated heterocycles. The molecule has 0 atom stereocenters. The highest BCUT2D eigenvalue weighted by atomic mass is 35.5. The number of nitrogens with zero attached hydrogens (tertiary/aromatic N) is 1. The summed E-state index contributed by atoms with van der Waals surface area (Å²) in [7, 11) is 0. The normalized spacial score (nSPS) is 32.5. The maximum Gasteiger partial charge on any atom is 0.253 e. The molecule has 1 aromatic rings. The lowest BCUT2D eigenvalue weighted by Crippen LogP contribution is -2.51. The first-order valence-corrected chi connectivity index (χ1v) is 11.9. The Bertz CT molecular complexity index is 730. The molecule has 4 bridgehead atoms. The fraction of sp³-hybridized carbons (Fsp3) is 0.739. The predicted octanol–water partition coefficient (Wildman–Crippen LogP) is 4.51. The SMILES string of the molecule is Cl.O=C(NCC12CC3CC(CC(C3)C1)C2)c1ccnc(NCC2CCNCC2)c1Cl. The summed E-state index contributed by atoms with van der Waals surface area (Å²) in [4.78, 5) is 17.3. The molecule has 1 aliphatic heterocycles. The van der Waals surface area contributed by atoms with Gasteiger partial charge in [-0.05, 0) is 99.6 Å². The third-order valence-electron chi connectivity index (χ3n) is 7.94. The molecular formula is C23H34Cl2N4O. The number of halogens is 2. The van der Waals surface area contributed by atoms with Gasteiger partial charge in [-0.1, -0.05) is 11.6 Å². The predicted molar refractivity (Wildman–Crippen MR) is 124 cm³/mol. The molecule has 5 nitrogen and oxygen atoms in total. The van der Waals surface area contributed by atoms with Gasteiger partial charge in [0.2, 0.25) is 0 Å². The monoisotopic (exact) mass is 452 g/mol. The molecular weight excluding hydrogens is 419 g/mol. The number of carbonyl (C=O) groups is 1. The highest BCUT2D eigenvalue weighted by Gasteiger charge is 2.50. The van der Waals surface area contributed by atoms with Crippen molar-refractivity contribution in [3.05, 3.63) is 22.8 Å². The van der Waals surface area contributed by atoms with Gasteiger partial charge >= 0.3 is 0 Å². The molecule has 0 radical (unpaired) electrons. The Kier molecular flexibility index (Phi) is 6.81. The number of nitrogens with one attached hydrogen (secondary N) is 3. The van der Waals surface area contributed by atoms with Gasteiger partial charge in [0, 0.05) is 19.3 Å². The number of hydrogen-bond acceptors (Lipinski definition) is 4. The van der Waals surface area contributed by atoms with Gasteiger partial charge in [0.15, 0.2) is 0 Å². The standard InChI is InChI=1S/C23H33ClN4O.ClH/c24-20-19(3-6-26-21(20)27-13-15-1-4-25-5-2-15)22(29)28-14-23-10-16-7-17(11-23)9-18(8-16)12-23;/h3,6,15-18,25H,1-2,4-5,7-14H2,(H,26,27)(H,28,29);1H. The Hall–Kier alpha value is -1.04. The average molecular weight is 453 g/mol. The first kappa shape index (κ1) is 22.2. The van der Waals surface area contributed by atoms with Crippen LogP contribution in [0.1, 0.15) is 61.7 Å². The van der Waals surface area contributed by atoms with E-state index in [0.717, 1.165) is 56.8 Å². The molecule has 0 spiro atoms. The van der Waals surface area contributed by atoms with Crippen molar-refractivity contribution in [3.8, 4) is 0 Å². The first-order valence-electron chi connectivity index (χ1n) is 11.5. The Labute approximate surface area is 190 Å². The molecule has 4 saturated carbocycles. The first-order chi connectivity index (χ1) is 14.1. The van der Waals surface area contributed by atoms with Gasteiger partial charge in [-0.3, -0.25) is 4.79 Å². The second kappa shape index (κ2) is 9.22. The van der Waals surface area contributed by atoms with Crippen LogP contribution in [0.15, 0.2) is 12.3 Å². The van der Waals surface area contributed by atoms with Crippen LogP contribution in [0.2, 0.25) is 5.02 Å². The van der Waals surface area contributed by atoms with Crippen LogP contribution in [0.3, 0.4) is 0 Å². The van der Waals surface area contributed by atoms with Crippen LogP contribution in [0.4, 0.5) is 5.82 Å². The van der Waals surface area contributed by atoms with Crippen LogP contribution in [0.25, 0.3) is 0 Å². The number of hydrogen-bond donors (Lipinski definition) is 3. The van der Waals surface area contributed by atoms with E-state index in [-0.39, 0.29) is 18.3 Å². The molecule has 0 unspecified atom stereocenters. The summed E-state index contributed by atoms with van der Waals surface area (Å²) in [6, 6.07) is 1.74. The minimum absolute atomic E-state index is 0. The van der Waals surface area contributed by atoms with E-state index in [9.17, 15) is 4.79 Å². The zero-order chi connectivity index (χ0) is 19.8. The summed E-state index contributed by atoms with van der Waals surface area (Å²) in [5, 5.41) is 10.5. The zero-order valence-electron chi connectivity index (χ0n) is 17.6. The van der Waals surface area contributed by atoms with Crippen molar-refractivity contribution in [2.45, 2.75) is 51.4 Å². The second-order valence-electron chi connectivity index (χ2n) is 10.2. The Morgan fingerprint density at radius 2 is 1.77 bits per heavy atom. The fourth-order valence-corrected chi connectivity index (χ4v) is 7.20. The van der Waals surface area contributed by atoms with E-state index in [4.69, 9.17) is 11.6 Å². The minimum atomic E-state index is -0.0574. The lowest BCUT2D eigenvalue weighted by atomic mass is 9.49. The Morgan fingerprint density at radius 3 is 2.40 bits per heavy atom. The van der Waals surface area contributed by atoms with Gasteiger partial charge in [0.1, 0.15) is 5.82 Å². The summed E-state index contributed by atoms with van der Waals surface area (Å²) in [5.74, 6) is 3.89. The smallest absolute Gasteiger partial charge is 0.253 e. The van der Waals surface area contributed by atoms with Crippen molar-refractivity contribution in [3.63, 3.8) is 0 Å². The van der Waals surface area contributed by atoms with Gasteiger partial charge < -0.3 is 16.0 Å². The molecule has 6 rings (SSSR count). The third kappa shape index (κ3) is 4.58. The van der Waals surface area contributed by atoms with Crippen LogP contribution in [-0.4, -0.2) is 37.1 Å². The highest BCUT2D eigenvalue weighted by molar-refractivity contribution is 6.36. The number of aromatic nitrogens is 1. The molecule has 5 fully saturated rings. The van der Waals surface area contributed by atoms with Gasteiger partial charge in [-0.25, -0.2) is 4.98 Å². The summed E-state index contributed by atoms with van der Waals surface area (Å²) in [6.07, 6.45) is 12.2. The lowest BCUT2D eigenvalue weighted by molar-refractivity contribution is -0.0503. The molecule has 3 N–H and O–H groups in total. The average Bonchev–Trinajstić information content (AvgIpc) is 2.71. The van der Waals surface area contributed by atoms with Crippen molar-refractivity contribution < 1.29 is 4.79 Å². The summed E-state index contributed by atoms with van der Waals surface area (Å²) >= 11 is 6.58. The van der Waals surface area contributed by atoms with Gasteiger partial charge in [-0.15, -0.1) is 12.4 Å². The van der Waals surface area contributed by atoms with E-state index in [1.165, 1.54) is 38.5 Å². The van der Waals surface area contributed by atoms with Gasteiger partial charge in [-0.2, -0.15) is 0 Å². The summed E-state index contributed by atoms with van der Waals surface area (Å²) < 4.78 is 0. The van der Waals surface area contributed by atoms with Crippen LogP contribution in [0.5, 0.6) is 0 Å². The van der Waals surface area contributed by atoms with Gasteiger partial charge in [0.05, 0.1) is 10.6 Å². The van der Waals surface area contributed by atoms with Gasteiger partial charge in [0.25, 0.3) is 5.91 Å². The molecule has 7 heteroatoms. The minimum Gasteiger partial charge on any atom is -0.369 e. The largest absolute Gasteiger partial charge is 0.369 e. The Morgan fingerprint density at radius 1 is 1.13 bits per heavy atom. The van der Waals surface area contributed by atoms with E-state index in [1.807, 2.05) is 0 Å². The van der Waals surface area contributed by atoms with E-state index >= 15 is 0 Å². The van der Waals surface area contributed by atoms with Crippen molar-refractivity contribution in [1.82, 2.24) is 15.6 Å². The number of anilines is 1. The fourth-order valence-electron chi connectivity index (χ4n) is 6.94. The molecule has 5 aliphatic rings. The van der Waals surface area contributed by atoms with Crippen LogP contribution < -0.4 is 16.0 Å². The molecule has 1 amide bonds. The maximum absolute atomic E-state index is 13.0. The topological polar surface area (TPSA) is 66.0 Å². The second-order valence-corrected chi connectivity index (χ2v) is 10.6. The molecule has 0 aromatic carbocycles. The molecule has 30 heavy (non-hydrogen) atoms. The van der Waals surface area contributed by atoms with Crippen molar-refractivity contribution >= 4 is 35.7 Å². The lowest BCUT2D eigenvalue weighted by Gasteiger charge is -2.56. The molecule has 166 valence electrons. The van der Waals surface area contributed by atoms with Crippen molar-refractivity contribution in [1.29, 1.82) is 0 Å². The third-order valence-corrected chi connectivity index (χ3v) is 8.32. The highest BCUT2D eigenvalue weighted by Crippen LogP contribution is 2.59. The number of piperidine rings is 1. The van der Waals surface area contributed by atoms with E-state index < -0.39 is 0 Å². The van der Waals surface area contributed by atoms with Crippen LogP contribution in [-0.2, 0) is 0 Å². The quantitative estimate of drug-likeness (QED) is 0.593. The number of carbonyl (C=O) groups excluding carboxylic acids is 1. The van der Waals surface area contributed by atoms with E-state index in [1.54, 1.807) is 12.3 Å². The molecule has 1 aromatic heterocycles. The maximum atomic E-state index is 13.0. The summed E-state index contributed by atoms with van der Waals surface area (Å²) in [6.45, 7) is 3.79.